The molecule has 0 bridgehead atoms. The summed E-state index contributed by atoms with van der Waals surface area (Å²) < 4.78 is 26.7. The minimum atomic E-state index is -3.55. The average Bonchev–Trinajstić information content (AvgIpc) is 2.85. The fourth-order valence-corrected chi connectivity index (χ4v) is 4.82. The highest BCUT2D eigenvalue weighted by atomic mass is 32.2. The highest BCUT2D eigenvalue weighted by molar-refractivity contribution is 7.98. The van der Waals surface area contributed by atoms with Gasteiger partial charge in [0, 0.05) is 48.5 Å². The topological polar surface area (TPSA) is 111 Å². The summed E-state index contributed by atoms with van der Waals surface area (Å²) in [4.78, 5) is 12.0. The molecule has 1 saturated heterocycles. The van der Waals surface area contributed by atoms with Crippen molar-refractivity contribution in [3.63, 3.8) is 0 Å². The number of hydrogen-bond acceptors (Lipinski definition) is 9. The van der Waals surface area contributed by atoms with Gasteiger partial charge < -0.3 is 20.9 Å². The molecule has 0 radical (unpaired) electrons. The van der Waals surface area contributed by atoms with E-state index in [0.29, 0.717) is 17.3 Å². The number of nitrogens with one attached hydrogen (secondary N) is 4. The van der Waals surface area contributed by atoms with Crippen LogP contribution in [0.5, 0.6) is 0 Å². The first-order valence-electron chi connectivity index (χ1n) is 10.5. The van der Waals surface area contributed by atoms with E-state index >= 15 is 0 Å². The van der Waals surface area contributed by atoms with Crippen molar-refractivity contribution in [3.8, 4) is 0 Å². The number of aromatic nitrogens is 2. The van der Waals surface area contributed by atoms with Gasteiger partial charge in [-0.3, -0.25) is 0 Å². The summed E-state index contributed by atoms with van der Waals surface area (Å²) in [5.41, 5.74) is 2.78. The molecule has 174 valence electrons. The highest BCUT2D eigenvalue weighted by Gasteiger charge is 2.15. The molecular formula is C22H27N7O2S2. The average molecular weight is 486 g/mol. The smallest absolute Gasteiger partial charge is 0.240 e. The van der Waals surface area contributed by atoms with E-state index in [1.54, 1.807) is 24.3 Å². The van der Waals surface area contributed by atoms with Gasteiger partial charge in [-0.25, -0.2) is 23.1 Å². The summed E-state index contributed by atoms with van der Waals surface area (Å²) >= 11 is 1.52. The van der Waals surface area contributed by atoms with Crippen molar-refractivity contribution in [3.05, 3.63) is 54.9 Å². The quantitative estimate of drug-likeness (QED) is 0.358. The molecule has 1 aliphatic heterocycles. The van der Waals surface area contributed by atoms with Crippen LogP contribution in [0.25, 0.3) is 0 Å². The maximum absolute atomic E-state index is 12.2. The molecule has 4 rings (SSSR count). The number of rotatable bonds is 8. The number of thioether (sulfide) groups is 1. The maximum Gasteiger partial charge on any atom is 0.240 e. The molecule has 1 aromatic heterocycles. The Kier molecular flexibility index (Phi) is 7.33. The van der Waals surface area contributed by atoms with Crippen LogP contribution in [-0.4, -0.2) is 57.9 Å². The van der Waals surface area contributed by atoms with Crippen LogP contribution in [0.2, 0.25) is 0 Å². The molecule has 0 unspecified atom stereocenters. The molecule has 0 amide bonds. The first-order valence-corrected chi connectivity index (χ1v) is 13.2. The van der Waals surface area contributed by atoms with Crippen LogP contribution in [0.3, 0.4) is 0 Å². The standard InChI is InChI=1S/C22H27N7O2S2/c1-23-33(30,31)18-7-8-20(32-2)19(13-18)28-22-14-21(25-15-26-22)27-16-3-5-17(6-4-16)29-11-9-24-10-12-29/h3-8,13-15,23-24H,9-12H2,1-2H3,(H2,25,26,27,28). The third-order valence-corrected chi connectivity index (χ3v) is 7.51. The third-order valence-electron chi connectivity index (χ3n) is 5.30. The SMILES string of the molecule is CNS(=O)(=O)c1ccc(SC)c(Nc2cc(Nc3ccc(N4CCNCC4)cc3)ncn2)c1. The summed E-state index contributed by atoms with van der Waals surface area (Å²) in [6, 6.07) is 15.0. The number of sulfonamides is 1. The molecule has 3 aromatic rings. The number of piperazine rings is 1. The zero-order valence-electron chi connectivity index (χ0n) is 18.5. The predicted molar refractivity (Wildman–Crippen MR) is 135 cm³/mol. The van der Waals surface area contributed by atoms with Crippen molar-refractivity contribution in [1.82, 2.24) is 20.0 Å². The molecule has 4 N–H and O–H groups in total. The van der Waals surface area contributed by atoms with Gasteiger partial charge in [-0.05, 0) is 55.8 Å². The van der Waals surface area contributed by atoms with Gasteiger partial charge in [0.1, 0.15) is 18.0 Å². The summed E-state index contributed by atoms with van der Waals surface area (Å²) in [5, 5.41) is 9.89. The Morgan fingerprint density at radius 1 is 0.970 bits per heavy atom. The van der Waals surface area contributed by atoms with Crippen LogP contribution < -0.4 is 25.6 Å². The van der Waals surface area contributed by atoms with Crippen LogP contribution >= 0.6 is 11.8 Å². The second-order valence-electron chi connectivity index (χ2n) is 7.39. The van der Waals surface area contributed by atoms with Crippen LogP contribution in [0.1, 0.15) is 0 Å². The van der Waals surface area contributed by atoms with Crippen molar-refractivity contribution in [2.24, 2.45) is 0 Å². The van der Waals surface area contributed by atoms with Gasteiger partial charge in [-0.15, -0.1) is 11.8 Å². The summed E-state index contributed by atoms with van der Waals surface area (Å²) in [5.74, 6) is 1.19. The van der Waals surface area contributed by atoms with Crippen LogP contribution in [0.15, 0.2) is 64.6 Å². The Morgan fingerprint density at radius 3 is 2.33 bits per heavy atom. The molecule has 0 aliphatic carbocycles. The zero-order chi connectivity index (χ0) is 23.3. The lowest BCUT2D eigenvalue weighted by Crippen LogP contribution is -2.43. The molecule has 0 atom stereocenters. The van der Waals surface area contributed by atoms with Crippen molar-refractivity contribution >= 4 is 50.5 Å². The Labute approximate surface area is 198 Å². The van der Waals surface area contributed by atoms with Crippen molar-refractivity contribution in [2.45, 2.75) is 9.79 Å². The molecular weight excluding hydrogens is 458 g/mol. The largest absolute Gasteiger partial charge is 0.369 e. The Bertz CT molecular complexity index is 1200. The lowest BCUT2D eigenvalue weighted by Gasteiger charge is -2.29. The third kappa shape index (κ3) is 5.74. The van der Waals surface area contributed by atoms with E-state index in [4.69, 9.17) is 0 Å². The second-order valence-corrected chi connectivity index (χ2v) is 10.1. The Morgan fingerprint density at radius 2 is 1.67 bits per heavy atom. The summed E-state index contributed by atoms with van der Waals surface area (Å²) in [7, 11) is -2.16. The van der Waals surface area contributed by atoms with Gasteiger partial charge in [-0.1, -0.05) is 0 Å². The van der Waals surface area contributed by atoms with E-state index in [9.17, 15) is 8.42 Å². The van der Waals surface area contributed by atoms with Gasteiger partial charge in [0.25, 0.3) is 0 Å². The van der Waals surface area contributed by atoms with Gasteiger partial charge in [0.05, 0.1) is 10.6 Å². The van der Waals surface area contributed by atoms with Crippen molar-refractivity contribution in [1.29, 1.82) is 0 Å². The van der Waals surface area contributed by atoms with Crippen LogP contribution in [0.4, 0.5) is 28.7 Å². The molecule has 1 aliphatic rings. The van der Waals surface area contributed by atoms with Crippen LogP contribution in [0, 0.1) is 0 Å². The van der Waals surface area contributed by atoms with Gasteiger partial charge >= 0.3 is 0 Å². The predicted octanol–water partition coefficient (Wildman–Crippen LogP) is 3.00. The van der Waals surface area contributed by atoms with E-state index in [0.717, 1.165) is 36.8 Å². The lowest BCUT2D eigenvalue weighted by atomic mass is 10.2. The molecule has 11 heteroatoms. The molecule has 0 saturated carbocycles. The molecule has 1 fully saturated rings. The molecule has 33 heavy (non-hydrogen) atoms. The summed E-state index contributed by atoms with van der Waals surface area (Å²) in [6.45, 7) is 4.00. The maximum atomic E-state index is 12.2. The van der Waals surface area contributed by atoms with Crippen LogP contribution in [-0.2, 0) is 10.0 Å². The normalized spacial score (nSPS) is 14.2. The number of benzene rings is 2. The van der Waals surface area contributed by atoms with E-state index in [1.807, 2.05) is 18.4 Å². The molecule has 2 heterocycles. The number of anilines is 5. The molecule has 9 nitrogen and oxygen atoms in total. The van der Waals surface area contributed by atoms with Gasteiger partial charge in [0.2, 0.25) is 10.0 Å². The minimum Gasteiger partial charge on any atom is -0.369 e. The monoisotopic (exact) mass is 485 g/mol. The van der Waals surface area contributed by atoms with Crippen molar-refractivity contribution in [2.75, 3.05) is 55.0 Å². The summed E-state index contributed by atoms with van der Waals surface area (Å²) in [6.07, 6.45) is 3.40. The lowest BCUT2D eigenvalue weighted by molar-refractivity contribution is 0.588. The van der Waals surface area contributed by atoms with E-state index in [1.165, 1.54) is 30.8 Å². The van der Waals surface area contributed by atoms with Gasteiger partial charge in [0.15, 0.2) is 0 Å². The molecule has 0 spiro atoms. The van der Waals surface area contributed by atoms with Gasteiger partial charge in [-0.2, -0.15) is 0 Å². The fourth-order valence-electron chi connectivity index (χ4n) is 3.53. The molecule has 2 aromatic carbocycles. The van der Waals surface area contributed by atoms with E-state index < -0.39 is 10.0 Å². The minimum absolute atomic E-state index is 0.183. The highest BCUT2D eigenvalue weighted by Crippen LogP contribution is 2.31. The van der Waals surface area contributed by atoms with E-state index in [-0.39, 0.29) is 4.90 Å². The van der Waals surface area contributed by atoms with E-state index in [2.05, 4.69) is 47.7 Å². The second kappa shape index (κ2) is 10.4. The Balaban J connectivity index is 1.50. The first kappa shape index (κ1) is 23.3. The first-order chi connectivity index (χ1) is 16.0. The zero-order valence-corrected chi connectivity index (χ0v) is 20.1. The fraction of sp³-hybridized carbons (Fsp3) is 0.273. The number of hydrogen-bond donors (Lipinski definition) is 4. The Hall–Kier alpha value is -2.86. The number of nitrogens with zero attached hydrogens (tertiary/aromatic N) is 3. The van der Waals surface area contributed by atoms with Crippen molar-refractivity contribution < 1.29 is 8.42 Å².